The van der Waals surface area contributed by atoms with Gasteiger partial charge in [0.05, 0.1) is 17.9 Å². The molecule has 0 unspecified atom stereocenters. The molecule has 8 heteroatoms. The fourth-order valence-electron chi connectivity index (χ4n) is 2.93. The Labute approximate surface area is 165 Å². The number of nitrogens with zero attached hydrogens (tertiary/aromatic N) is 2. The van der Waals surface area contributed by atoms with Crippen molar-refractivity contribution in [3.8, 4) is 0 Å². The molecule has 1 aliphatic heterocycles. The quantitative estimate of drug-likeness (QED) is 0.751. The molecule has 1 saturated heterocycles. The topological polar surface area (TPSA) is 74.3 Å². The van der Waals surface area contributed by atoms with E-state index in [0.29, 0.717) is 11.7 Å². The first-order valence-corrected chi connectivity index (χ1v) is 10.2. The van der Waals surface area contributed by atoms with Gasteiger partial charge in [-0.25, -0.2) is 4.98 Å². The van der Waals surface area contributed by atoms with E-state index in [9.17, 15) is 9.59 Å². The largest absolute Gasteiger partial charge is 0.324 e. The van der Waals surface area contributed by atoms with Crippen LogP contribution in [-0.2, 0) is 9.59 Å². The lowest BCUT2D eigenvalue weighted by atomic mass is 9.96. The van der Waals surface area contributed by atoms with E-state index in [1.807, 2.05) is 36.6 Å². The summed E-state index contributed by atoms with van der Waals surface area (Å²) in [4.78, 5) is 30.9. The molecule has 3 rings (SSSR count). The van der Waals surface area contributed by atoms with Gasteiger partial charge in [-0.15, -0.1) is 11.3 Å². The summed E-state index contributed by atoms with van der Waals surface area (Å²) in [6.45, 7) is 3.71. The Balaban J connectivity index is 1.44. The maximum Gasteiger partial charge on any atom is 0.238 e. The van der Waals surface area contributed by atoms with E-state index in [1.54, 1.807) is 0 Å². The van der Waals surface area contributed by atoms with E-state index in [4.69, 9.17) is 0 Å². The van der Waals surface area contributed by atoms with Gasteiger partial charge in [-0.2, -0.15) is 0 Å². The van der Waals surface area contributed by atoms with Crippen LogP contribution in [0.4, 0.5) is 10.8 Å². The number of likely N-dealkylation sites (tertiary alicyclic amines) is 1. The Bertz CT molecular complexity index is 787. The molecule has 26 heavy (non-hydrogen) atoms. The molecule has 2 aromatic rings. The summed E-state index contributed by atoms with van der Waals surface area (Å²) in [7, 11) is 0. The summed E-state index contributed by atoms with van der Waals surface area (Å²) in [5, 5.41) is 8.38. The van der Waals surface area contributed by atoms with Gasteiger partial charge >= 0.3 is 0 Å². The van der Waals surface area contributed by atoms with Crippen molar-refractivity contribution in [2.45, 2.75) is 19.8 Å². The highest BCUT2D eigenvalue weighted by Crippen LogP contribution is 2.23. The van der Waals surface area contributed by atoms with Crippen LogP contribution in [0.5, 0.6) is 0 Å². The molecule has 1 aromatic heterocycles. The van der Waals surface area contributed by atoms with Crippen molar-refractivity contribution in [2.75, 3.05) is 30.3 Å². The zero-order valence-corrected chi connectivity index (χ0v) is 16.9. The smallest absolute Gasteiger partial charge is 0.238 e. The van der Waals surface area contributed by atoms with Crippen LogP contribution in [0, 0.1) is 12.8 Å². The van der Waals surface area contributed by atoms with E-state index < -0.39 is 0 Å². The number of thiazole rings is 1. The lowest BCUT2D eigenvalue weighted by molar-refractivity contribution is -0.121. The van der Waals surface area contributed by atoms with Gasteiger partial charge < -0.3 is 10.6 Å². The molecule has 0 saturated carbocycles. The number of anilines is 2. The summed E-state index contributed by atoms with van der Waals surface area (Å²) >= 11 is 4.87. The average molecular weight is 437 g/mol. The van der Waals surface area contributed by atoms with Gasteiger partial charge in [-0.3, -0.25) is 14.5 Å². The maximum atomic E-state index is 12.3. The third kappa shape index (κ3) is 5.12. The second-order valence-corrected chi connectivity index (χ2v) is 8.07. The molecule has 0 atom stereocenters. The molecule has 0 radical (unpaired) electrons. The molecule has 138 valence electrons. The molecule has 0 spiro atoms. The number of hydrogen-bond acceptors (Lipinski definition) is 5. The Morgan fingerprint density at radius 2 is 2.00 bits per heavy atom. The molecule has 1 fully saturated rings. The van der Waals surface area contributed by atoms with Crippen molar-refractivity contribution < 1.29 is 9.59 Å². The summed E-state index contributed by atoms with van der Waals surface area (Å²) in [6, 6.07) is 7.54. The first-order chi connectivity index (χ1) is 12.5. The van der Waals surface area contributed by atoms with Crippen molar-refractivity contribution in [3.63, 3.8) is 0 Å². The summed E-state index contributed by atoms with van der Waals surface area (Å²) in [5.41, 5.74) is 1.68. The number of aromatic nitrogens is 1. The van der Waals surface area contributed by atoms with Gasteiger partial charge in [0.1, 0.15) is 0 Å². The van der Waals surface area contributed by atoms with Gasteiger partial charge in [0.25, 0.3) is 0 Å². The number of rotatable bonds is 5. The molecule has 2 heterocycles. The van der Waals surface area contributed by atoms with Crippen LogP contribution < -0.4 is 10.6 Å². The maximum absolute atomic E-state index is 12.3. The molecule has 2 N–H and O–H groups in total. The first-order valence-electron chi connectivity index (χ1n) is 8.51. The number of amides is 2. The van der Waals surface area contributed by atoms with E-state index in [2.05, 4.69) is 36.4 Å². The summed E-state index contributed by atoms with van der Waals surface area (Å²) in [6.07, 6.45) is 1.50. The van der Waals surface area contributed by atoms with Crippen LogP contribution in [0.1, 0.15) is 18.5 Å². The second kappa shape index (κ2) is 8.75. The third-order valence-corrected chi connectivity index (χ3v) is 5.89. The Morgan fingerprint density at radius 3 is 2.65 bits per heavy atom. The van der Waals surface area contributed by atoms with Crippen LogP contribution >= 0.6 is 27.3 Å². The molecule has 2 amide bonds. The van der Waals surface area contributed by atoms with E-state index >= 15 is 0 Å². The van der Waals surface area contributed by atoms with Crippen LogP contribution in [0.15, 0.2) is 34.1 Å². The highest BCUT2D eigenvalue weighted by molar-refractivity contribution is 9.10. The van der Waals surface area contributed by atoms with Gasteiger partial charge in [-0.05, 0) is 60.9 Å². The zero-order chi connectivity index (χ0) is 18.5. The van der Waals surface area contributed by atoms with Crippen molar-refractivity contribution >= 4 is 49.9 Å². The molecule has 1 aliphatic rings. The number of benzene rings is 1. The van der Waals surface area contributed by atoms with Crippen molar-refractivity contribution in [3.05, 3.63) is 39.8 Å². The number of carbonyl (C=O) groups excluding carboxylic acids is 2. The van der Waals surface area contributed by atoms with Crippen LogP contribution in [0.25, 0.3) is 0 Å². The Hall–Kier alpha value is -1.77. The van der Waals surface area contributed by atoms with E-state index in [1.165, 1.54) is 11.3 Å². The zero-order valence-electron chi connectivity index (χ0n) is 14.5. The number of carbonyl (C=O) groups is 2. The van der Waals surface area contributed by atoms with Crippen molar-refractivity contribution in [1.82, 2.24) is 9.88 Å². The molecular weight excluding hydrogens is 416 g/mol. The molecular formula is C18H21BrN4O2S. The first kappa shape index (κ1) is 19.0. The predicted molar refractivity (Wildman–Crippen MR) is 107 cm³/mol. The minimum atomic E-state index is -0.0435. The Morgan fingerprint density at radius 1 is 1.27 bits per heavy atom. The van der Waals surface area contributed by atoms with Gasteiger partial charge in [0.15, 0.2) is 5.13 Å². The van der Waals surface area contributed by atoms with Gasteiger partial charge in [0, 0.05) is 15.8 Å². The number of nitrogens with one attached hydrogen (secondary N) is 2. The number of piperidine rings is 1. The average Bonchev–Trinajstić information content (AvgIpc) is 3.02. The molecule has 6 nitrogen and oxygen atoms in total. The molecule has 0 bridgehead atoms. The number of halogens is 1. The van der Waals surface area contributed by atoms with Crippen molar-refractivity contribution in [2.24, 2.45) is 5.92 Å². The lowest BCUT2D eigenvalue weighted by Gasteiger charge is -2.30. The number of aryl methyl sites for hydroxylation is 1. The fraction of sp³-hybridized carbons (Fsp3) is 0.389. The molecule has 1 aromatic carbocycles. The number of hydrogen-bond donors (Lipinski definition) is 2. The Kier molecular flexibility index (Phi) is 6.39. The number of para-hydroxylation sites is 1. The minimum Gasteiger partial charge on any atom is -0.324 e. The van der Waals surface area contributed by atoms with Crippen molar-refractivity contribution in [1.29, 1.82) is 0 Å². The summed E-state index contributed by atoms with van der Waals surface area (Å²) in [5.74, 6) is -0.0449. The second-order valence-electron chi connectivity index (χ2n) is 6.36. The predicted octanol–water partition coefficient (Wildman–Crippen LogP) is 3.50. The van der Waals surface area contributed by atoms with E-state index in [0.717, 1.165) is 41.8 Å². The van der Waals surface area contributed by atoms with Crippen LogP contribution in [-0.4, -0.2) is 41.3 Å². The van der Waals surface area contributed by atoms with Crippen LogP contribution in [0.2, 0.25) is 0 Å². The minimum absolute atomic E-state index is 0.0247. The van der Waals surface area contributed by atoms with Crippen LogP contribution in [0.3, 0.4) is 0 Å². The fourth-order valence-corrected chi connectivity index (χ4v) is 4.00. The summed E-state index contributed by atoms with van der Waals surface area (Å²) < 4.78 is 0.862. The van der Waals surface area contributed by atoms with E-state index in [-0.39, 0.29) is 17.7 Å². The third-order valence-electron chi connectivity index (χ3n) is 4.32. The monoisotopic (exact) mass is 436 g/mol. The highest BCUT2D eigenvalue weighted by atomic mass is 79.9. The van der Waals surface area contributed by atoms with Gasteiger partial charge in [-0.1, -0.05) is 12.1 Å². The normalized spacial score (nSPS) is 15.6. The highest BCUT2D eigenvalue weighted by Gasteiger charge is 2.26. The SMILES string of the molecule is Cc1csc(NC(=O)C2CCN(CC(=O)Nc3ccccc3Br)CC2)n1. The lowest BCUT2D eigenvalue weighted by Crippen LogP contribution is -2.41. The standard InChI is InChI=1S/C18H21BrN4O2S/c1-12-11-26-18(20-12)22-17(25)13-6-8-23(9-7-13)10-16(24)21-15-5-3-2-4-14(15)19/h2-5,11,13H,6-10H2,1H3,(H,21,24)(H,20,22,25). The van der Waals surface area contributed by atoms with Gasteiger partial charge in [0.2, 0.25) is 11.8 Å². The molecule has 0 aliphatic carbocycles.